The van der Waals surface area contributed by atoms with Gasteiger partial charge in [0.2, 0.25) is 0 Å². The average molecular weight is 709 g/mol. The predicted molar refractivity (Wildman–Crippen MR) is 209 cm³/mol. The zero-order valence-electron chi connectivity index (χ0n) is 29.7. The molecule has 0 N–H and O–H groups in total. The number of imide groups is 2. The fourth-order valence-corrected chi connectivity index (χ4v) is 10.2. The van der Waals surface area contributed by atoms with E-state index in [1.54, 1.807) is 12.4 Å². The highest BCUT2D eigenvalue weighted by Crippen LogP contribution is 2.51. The molecule has 264 valence electrons. The van der Waals surface area contributed by atoms with Crippen LogP contribution in [0.5, 0.6) is 0 Å². The molecular weight excluding hydrogens is 673 g/mol. The Morgan fingerprint density at radius 1 is 0.407 bits per heavy atom. The highest BCUT2D eigenvalue weighted by Gasteiger charge is 2.42. The van der Waals surface area contributed by atoms with Gasteiger partial charge in [-0.2, -0.15) is 0 Å². The number of amides is 4. The maximum absolute atomic E-state index is 14.7. The molecule has 11 rings (SSSR count). The number of rotatable bonds is 4. The molecule has 2 aromatic heterocycles. The van der Waals surface area contributed by atoms with Crippen molar-refractivity contribution in [2.45, 2.75) is 76.3 Å². The molecule has 8 heteroatoms. The number of nitrogens with zero attached hydrogens (tertiary/aromatic N) is 4. The number of benzene rings is 5. The summed E-state index contributed by atoms with van der Waals surface area (Å²) in [6.45, 7) is 0. The largest absolute Gasteiger partial charge is 0.271 e. The number of hydrogen-bond acceptors (Lipinski definition) is 6. The van der Waals surface area contributed by atoms with E-state index in [1.165, 1.54) is 9.80 Å². The lowest BCUT2D eigenvalue weighted by Gasteiger charge is -2.37. The maximum atomic E-state index is 14.7. The first-order chi connectivity index (χ1) is 26.5. The Labute approximate surface area is 311 Å². The Morgan fingerprint density at radius 3 is 1.17 bits per heavy atom. The van der Waals surface area contributed by atoms with Crippen LogP contribution in [-0.2, 0) is 0 Å². The van der Waals surface area contributed by atoms with Crippen LogP contribution in [0, 0.1) is 0 Å². The van der Waals surface area contributed by atoms with Crippen molar-refractivity contribution in [1.29, 1.82) is 0 Å². The Kier molecular flexibility index (Phi) is 6.85. The number of carbonyl (C=O) groups excluding carboxylic acids is 4. The van der Waals surface area contributed by atoms with Crippen LogP contribution in [0.4, 0.5) is 0 Å². The SMILES string of the molecule is O=C1c2cnc3c4c(-c5ccccc5)cc5c6c(cnc(c7c(-c8ccccc8)cc(c2c37)C(=O)N1C1CCCCC1)c64)C(=O)N(C1CCCCC1)C5=O. The van der Waals surface area contributed by atoms with E-state index in [4.69, 9.17) is 9.97 Å². The minimum absolute atomic E-state index is 0.152. The number of pyridine rings is 2. The molecule has 0 spiro atoms. The smallest absolute Gasteiger partial charge is 0.263 e. The molecular formula is C46H36N4O4. The third-order valence-corrected chi connectivity index (χ3v) is 12.6. The second-order valence-electron chi connectivity index (χ2n) is 15.5. The molecule has 0 atom stereocenters. The van der Waals surface area contributed by atoms with Crippen molar-refractivity contribution in [2.24, 2.45) is 0 Å². The summed E-state index contributed by atoms with van der Waals surface area (Å²) in [6, 6.07) is 23.4. The van der Waals surface area contributed by atoms with Crippen LogP contribution in [0.2, 0.25) is 0 Å². The minimum atomic E-state index is -0.303. The van der Waals surface area contributed by atoms with E-state index in [0.717, 1.165) is 97.2 Å². The highest BCUT2D eigenvalue weighted by atomic mass is 16.2. The Hall–Kier alpha value is -6.02. The zero-order valence-corrected chi connectivity index (χ0v) is 29.7. The van der Waals surface area contributed by atoms with Crippen LogP contribution in [-0.4, -0.2) is 55.5 Å². The van der Waals surface area contributed by atoms with Crippen LogP contribution in [0.25, 0.3) is 65.6 Å². The van der Waals surface area contributed by atoms with Crippen LogP contribution < -0.4 is 0 Å². The molecule has 2 aliphatic heterocycles. The molecule has 2 aliphatic carbocycles. The minimum Gasteiger partial charge on any atom is -0.271 e. The Morgan fingerprint density at radius 2 is 0.778 bits per heavy atom. The van der Waals surface area contributed by atoms with Crippen molar-refractivity contribution in [3.05, 3.63) is 107 Å². The first-order valence-corrected chi connectivity index (χ1v) is 19.4. The molecule has 2 saturated carbocycles. The van der Waals surface area contributed by atoms with Gasteiger partial charge in [0.1, 0.15) is 0 Å². The van der Waals surface area contributed by atoms with Crippen molar-refractivity contribution in [1.82, 2.24) is 19.8 Å². The van der Waals surface area contributed by atoms with Gasteiger partial charge in [0, 0.05) is 67.9 Å². The van der Waals surface area contributed by atoms with Gasteiger partial charge < -0.3 is 0 Å². The molecule has 4 amide bonds. The van der Waals surface area contributed by atoms with Gasteiger partial charge >= 0.3 is 0 Å². The molecule has 54 heavy (non-hydrogen) atoms. The van der Waals surface area contributed by atoms with E-state index in [0.29, 0.717) is 54.8 Å². The maximum Gasteiger partial charge on any atom is 0.263 e. The quantitative estimate of drug-likeness (QED) is 0.103. The monoisotopic (exact) mass is 708 g/mol. The van der Waals surface area contributed by atoms with Gasteiger partial charge in [-0.15, -0.1) is 0 Å². The summed E-state index contributed by atoms with van der Waals surface area (Å²) in [6.07, 6.45) is 12.6. The summed E-state index contributed by atoms with van der Waals surface area (Å²) in [5.41, 5.74) is 6.39. The van der Waals surface area contributed by atoms with Crippen LogP contribution in [0.1, 0.15) is 106 Å². The fourth-order valence-electron chi connectivity index (χ4n) is 10.2. The molecule has 2 fully saturated rings. The van der Waals surface area contributed by atoms with Crippen molar-refractivity contribution in [2.75, 3.05) is 0 Å². The van der Waals surface area contributed by atoms with E-state index in [-0.39, 0.29) is 35.7 Å². The molecule has 8 nitrogen and oxygen atoms in total. The standard InChI is InChI=1S/C46H36N4O4/c51-43-31-21-29(25-13-5-1-6-14-25)37-39-35(31)33(45(53)49(43)27-17-9-3-10-18-27)24-48-42(39)38-30(26-15-7-2-8-16-26)22-32-36-34(23-47-41(37)40(36)38)46(54)50(44(32)52)28-19-11-4-12-20-28/h1-2,5-8,13-16,21-24,27-28H,3-4,9-12,17-20H2. The zero-order chi connectivity index (χ0) is 36.2. The van der Waals surface area contributed by atoms with Gasteiger partial charge in [-0.3, -0.25) is 38.9 Å². The van der Waals surface area contributed by atoms with E-state index in [9.17, 15) is 19.2 Å². The van der Waals surface area contributed by atoms with Gasteiger partial charge in [-0.1, -0.05) is 99.2 Å². The molecule has 5 aromatic carbocycles. The summed E-state index contributed by atoms with van der Waals surface area (Å²) in [5.74, 6) is -1.15. The number of aromatic nitrogens is 2. The lowest BCUT2D eigenvalue weighted by Crippen LogP contribution is -2.48. The molecule has 0 bridgehead atoms. The van der Waals surface area contributed by atoms with E-state index < -0.39 is 0 Å². The molecule has 4 heterocycles. The molecule has 7 aromatic rings. The van der Waals surface area contributed by atoms with E-state index >= 15 is 0 Å². The predicted octanol–water partition coefficient (Wildman–Crippen LogP) is 9.72. The lowest BCUT2D eigenvalue weighted by molar-refractivity contribution is 0.0487. The Bertz CT molecular complexity index is 2570. The average Bonchev–Trinajstić information content (AvgIpc) is 3.22. The second kappa shape index (κ2) is 11.7. The topological polar surface area (TPSA) is 101 Å². The first kappa shape index (κ1) is 31.5. The number of fused-ring (bicyclic) bond motifs is 2. The summed E-state index contributed by atoms with van der Waals surface area (Å²) in [5, 5.41) is 4.08. The third kappa shape index (κ3) is 4.25. The molecule has 0 radical (unpaired) electrons. The van der Waals surface area contributed by atoms with Crippen molar-refractivity contribution in [3.8, 4) is 22.3 Å². The lowest BCUT2D eigenvalue weighted by atomic mass is 9.80. The van der Waals surface area contributed by atoms with E-state index in [2.05, 4.69) is 0 Å². The van der Waals surface area contributed by atoms with Gasteiger partial charge in [0.05, 0.1) is 22.2 Å². The van der Waals surface area contributed by atoms with E-state index in [1.807, 2.05) is 72.8 Å². The van der Waals surface area contributed by atoms with Gasteiger partial charge in [0.25, 0.3) is 23.6 Å². The molecule has 0 unspecified atom stereocenters. The third-order valence-electron chi connectivity index (χ3n) is 12.6. The van der Waals surface area contributed by atoms with Crippen molar-refractivity contribution >= 4 is 67.0 Å². The van der Waals surface area contributed by atoms with Gasteiger partial charge in [-0.05, 0) is 60.1 Å². The first-order valence-electron chi connectivity index (χ1n) is 19.4. The van der Waals surface area contributed by atoms with Gasteiger partial charge in [-0.25, -0.2) is 0 Å². The van der Waals surface area contributed by atoms with Gasteiger partial charge in [0.15, 0.2) is 0 Å². The summed E-state index contributed by atoms with van der Waals surface area (Å²) < 4.78 is 0. The summed E-state index contributed by atoms with van der Waals surface area (Å²) >= 11 is 0. The fraction of sp³-hybridized carbons (Fsp3) is 0.261. The number of carbonyl (C=O) groups is 4. The second-order valence-corrected chi connectivity index (χ2v) is 15.5. The normalized spacial score (nSPS) is 18.3. The van der Waals surface area contributed by atoms with Crippen LogP contribution >= 0.6 is 0 Å². The Balaban J connectivity index is 1.30. The van der Waals surface area contributed by atoms with Crippen molar-refractivity contribution in [3.63, 3.8) is 0 Å². The summed E-state index contributed by atoms with van der Waals surface area (Å²) in [7, 11) is 0. The molecule has 0 saturated heterocycles. The highest BCUT2D eigenvalue weighted by molar-refractivity contribution is 6.43. The van der Waals surface area contributed by atoms with Crippen LogP contribution in [0.15, 0.2) is 85.2 Å². The molecule has 4 aliphatic rings. The van der Waals surface area contributed by atoms with Crippen LogP contribution in [0.3, 0.4) is 0 Å². The number of hydrogen-bond donors (Lipinski definition) is 0. The summed E-state index contributed by atoms with van der Waals surface area (Å²) in [4.78, 5) is 71.6. The van der Waals surface area contributed by atoms with Crippen molar-refractivity contribution < 1.29 is 19.2 Å².